The molecule has 0 amide bonds. The Morgan fingerprint density at radius 2 is 2.00 bits per heavy atom. The van der Waals surface area contributed by atoms with Crippen molar-refractivity contribution in [2.45, 2.75) is 18.9 Å². The van der Waals surface area contributed by atoms with Crippen molar-refractivity contribution in [2.75, 3.05) is 39.3 Å². The third-order valence-electron chi connectivity index (χ3n) is 3.85. The number of nitrogens with zero attached hydrogens (tertiary/aromatic N) is 2. The predicted octanol–water partition coefficient (Wildman–Crippen LogP) is 1.80. The maximum absolute atomic E-state index is 11.4. The lowest BCUT2D eigenvalue weighted by Gasteiger charge is -2.34. The fourth-order valence-electron chi connectivity index (χ4n) is 2.69. The van der Waals surface area contributed by atoms with Crippen LogP contribution in [-0.4, -0.2) is 45.3 Å². The van der Waals surface area contributed by atoms with Crippen LogP contribution in [0.3, 0.4) is 0 Å². The van der Waals surface area contributed by atoms with Crippen molar-refractivity contribution in [1.82, 2.24) is 5.32 Å². The van der Waals surface area contributed by atoms with Crippen molar-refractivity contribution in [2.24, 2.45) is 0 Å². The van der Waals surface area contributed by atoms with Gasteiger partial charge in [-0.25, -0.2) is 0 Å². The summed E-state index contributed by atoms with van der Waals surface area (Å²) >= 11 is 0. The smallest absolute Gasteiger partial charge is 0.296 e. The molecule has 1 saturated heterocycles. The lowest BCUT2D eigenvalue weighted by atomic mass is 10.0. The Labute approximate surface area is 124 Å². The highest BCUT2D eigenvalue weighted by Crippen LogP contribution is 2.40. The Morgan fingerprint density at radius 1 is 1.33 bits per heavy atom. The lowest BCUT2D eigenvalue weighted by Crippen LogP contribution is -2.44. The molecule has 21 heavy (non-hydrogen) atoms. The van der Waals surface area contributed by atoms with Crippen LogP contribution >= 0.6 is 0 Å². The van der Waals surface area contributed by atoms with Crippen molar-refractivity contribution in [3.8, 4) is 11.5 Å². The van der Waals surface area contributed by atoms with Crippen molar-refractivity contribution in [3.63, 3.8) is 0 Å². The largest absolute Gasteiger partial charge is 0.493 e. The summed E-state index contributed by atoms with van der Waals surface area (Å²) in [7, 11) is 4.91. The molecule has 0 saturated carbocycles. The summed E-state index contributed by atoms with van der Waals surface area (Å²) in [5, 5.41) is 14.6. The highest BCUT2D eigenvalue weighted by atomic mass is 16.6. The van der Waals surface area contributed by atoms with Gasteiger partial charge in [-0.1, -0.05) is 0 Å². The van der Waals surface area contributed by atoms with Crippen LogP contribution in [0.4, 0.5) is 11.4 Å². The van der Waals surface area contributed by atoms with Crippen LogP contribution in [0.1, 0.15) is 12.8 Å². The van der Waals surface area contributed by atoms with Crippen molar-refractivity contribution >= 4 is 11.4 Å². The van der Waals surface area contributed by atoms with Crippen LogP contribution in [0, 0.1) is 10.1 Å². The minimum atomic E-state index is -0.375. The van der Waals surface area contributed by atoms with E-state index in [-0.39, 0.29) is 10.6 Å². The van der Waals surface area contributed by atoms with Gasteiger partial charge in [0.15, 0.2) is 11.5 Å². The molecule has 1 N–H and O–H groups in total. The van der Waals surface area contributed by atoms with E-state index in [9.17, 15) is 10.1 Å². The first kappa shape index (κ1) is 15.4. The average Bonchev–Trinajstić information content (AvgIpc) is 2.53. The molecular weight excluding hydrogens is 274 g/mol. The SMILES string of the molecule is CNC1CCCN(c2cc(OC)c(OC)cc2[N+](=O)[O-])C1. The van der Waals surface area contributed by atoms with Crippen LogP contribution in [0.2, 0.25) is 0 Å². The first-order chi connectivity index (χ1) is 10.1. The second kappa shape index (κ2) is 6.62. The molecule has 116 valence electrons. The molecule has 1 atom stereocenters. The van der Waals surface area contributed by atoms with E-state index in [2.05, 4.69) is 5.32 Å². The zero-order valence-corrected chi connectivity index (χ0v) is 12.6. The summed E-state index contributed by atoms with van der Waals surface area (Å²) in [6.07, 6.45) is 2.07. The van der Waals surface area contributed by atoms with Crippen molar-refractivity contribution in [3.05, 3.63) is 22.2 Å². The third kappa shape index (κ3) is 3.18. The van der Waals surface area contributed by atoms with Crippen LogP contribution in [0.15, 0.2) is 12.1 Å². The molecule has 1 heterocycles. The number of rotatable bonds is 5. The molecule has 1 aliphatic heterocycles. The van der Waals surface area contributed by atoms with E-state index in [0.717, 1.165) is 25.9 Å². The Kier molecular flexibility index (Phi) is 4.85. The molecule has 0 radical (unpaired) electrons. The molecule has 7 nitrogen and oxygen atoms in total. The molecule has 1 unspecified atom stereocenters. The van der Waals surface area contributed by atoms with Crippen molar-refractivity contribution in [1.29, 1.82) is 0 Å². The molecule has 7 heteroatoms. The number of hydrogen-bond donors (Lipinski definition) is 1. The zero-order valence-electron chi connectivity index (χ0n) is 12.6. The average molecular weight is 295 g/mol. The fraction of sp³-hybridized carbons (Fsp3) is 0.571. The van der Waals surface area contributed by atoms with Gasteiger partial charge in [0.05, 0.1) is 25.2 Å². The standard InChI is InChI=1S/C14H21N3O4/c1-15-10-5-4-6-16(9-10)11-7-13(20-2)14(21-3)8-12(11)17(18)19/h7-8,10,15H,4-6,9H2,1-3H3. The second-order valence-electron chi connectivity index (χ2n) is 5.03. The van der Waals surface area contributed by atoms with Gasteiger partial charge in [0.2, 0.25) is 0 Å². The summed E-state index contributed by atoms with van der Waals surface area (Å²) in [4.78, 5) is 13.0. The van der Waals surface area contributed by atoms with E-state index < -0.39 is 0 Å². The van der Waals surface area contributed by atoms with E-state index >= 15 is 0 Å². The van der Waals surface area contributed by atoms with Gasteiger partial charge in [-0.2, -0.15) is 0 Å². The summed E-state index contributed by atoms with van der Waals surface area (Å²) in [5.41, 5.74) is 0.627. The minimum absolute atomic E-state index is 0.0457. The highest BCUT2D eigenvalue weighted by molar-refractivity contribution is 5.70. The Bertz CT molecular complexity index is 521. The third-order valence-corrected chi connectivity index (χ3v) is 3.85. The number of anilines is 1. The highest BCUT2D eigenvalue weighted by Gasteiger charge is 2.27. The van der Waals surface area contributed by atoms with Gasteiger partial charge in [0, 0.05) is 25.2 Å². The lowest BCUT2D eigenvalue weighted by molar-refractivity contribution is -0.384. The molecule has 2 rings (SSSR count). The first-order valence-corrected chi connectivity index (χ1v) is 6.93. The molecule has 1 aromatic carbocycles. The molecule has 1 aliphatic rings. The Hall–Kier alpha value is -2.02. The monoisotopic (exact) mass is 295 g/mol. The van der Waals surface area contributed by atoms with Gasteiger partial charge >= 0.3 is 0 Å². The van der Waals surface area contributed by atoms with Crippen LogP contribution in [-0.2, 0) is 0 Å². The molecular formula is C14H21N3O4. The number of ether oxygens (including phenoxy) is 2. The minimum Gasteiger partial charge on any atom is -0.493 e. The van der Waals surface area contributed by atoms with E-state index in [1.165, 1.54) is 20.3 Å². The molecule has 0 aromatic heterocycles. The Morgan fingerprint density at radius 3 is 2.57 bits per heavy atom. The van der Waals surface area contributed by atoms with Gasteiger partial charge in [0.1, 0.15) is 5.69 Å². The summed E-state index contributed by atoms with van der Waals surface area (Å²) in [6, 6.07) is 3.46. The zero-order chi connectivity index (χ0) is 15.4. The van der Waals surface area contributed by atoms with Crippen LogP contribution in [0.5, 0.6) is 11.5 Å². The molecule has 1 fully saturated rings. The number of piperidine rings is 1. The first-order valence-electron chi connectivity index (χ1n) is 6.93. The number of benzene rings is 1. The van der Waals surface area contributed by atoms with Gasteiger partial charge in [-0.05, 0) is 19.9 Å². The molecule has 0 spiro atoms. The number of nitrogens with one attached hydrogen (secondary N) is 1. The summed E-state index contributed by atoms with van der Waals surface area (Å²) in [5.74, 6) is 0.875. The predicted molar refractivity (Wildman–Crippen MR) is 80.5 cm³/mol. The number of nitro benzene ring substituents is 1. The van der Waals surface area contributed by atoms with Gasteiger partial charge < -0.3 is 19.7 Å². The van der Waals surface area contributed by atoms with Gasteiger partial charge in [0.25, 0.3) is 5.69 Å². The van der Waals surface area contributed by atoms with Gasteiger partial charge in [-0.3, -0.25) is 10.1 Å². The fourth-order valence-corrected chi connectivity index (χ4v) is 2.69. The quantitative estimate of drug-likeness (QED) is 0.659. The van der Waals surface area contributed by atoms with Gasteiger partial charge in [-0.15, -0.1) is 0 Å². The summed E-state index contributed by atoms with van der Waals surface area (Å²) in [6.45, 7) is 1.54. The van der Waals surface area contributed by atoms with Crippen LogP contribution < -0.4 is 19.7 Å². The van der Waals surface area contributed by atoms with E-state index in [0.29, 0.717) is 23.2 Å². The maximum atomic E-state index is 11.4. The molecule has 0 bridgehead atoms. The van der Waals surface area contributed by atoms with Crippen molar-refractivity contribution < 1.29 is 14.4 Å². The van der Waals surface area contributed by atoms with E-state index in [1.54, 1.807) is 6.07 Å². The van der Waals surface area contributed by atoms with Crippen LogP contribution in [0.25, 0.3) is 0 Å². The molecule has 1 aromatic rings. The number of nitro groups is 1. The maximum Gasteiger partial charge on any atom is 0.296 e. The number of methoxy groups -OCH3 is 2. The summed E-state index contributed by atoms with van der Waals surface area (Å²) < 4.78 is 10.4. The normalized spacial score (nSPS) is 18.4. The second-order valence-corrected chi connectivity index (χ2v) is 5.03. The number of likely N-dealkylation sites (N-methyl/N-ethyl adjacent to an activating group) is 1. The van der Waals surface area contributed by atoms with E-state index in [1.807, 2.05) is 11.9 Å². The molecule has 0 aliphatic carbocycles. The van der Waals surface area contributed by atoms with E-state index in [4.69, 9.17) is 9.47 Å². The Balaban J connectivity index is 2.42. The topological polar surface area (TPSA) is 76.9 Å². The number of hydrogen-bond acceptors (Lipinski definition) is 6.